The quantitative estimate of drug-likeness (QED) is 0.754. The molecule has 6 nitrogen and oxygen atoms in total. The van der Waals surface area contributed by atoms with Crippen molar-refractivity contribution < 1.29 is 19.1 Å². The van der Waals surface area contributed by atoms with Crippen molar-refractivity contribution in [1.82, 2.24) is 9.78 Å². The first-order valence-electron chi connectivity index (χ1n) is 6.86. The van der Waals surface area contributed by atoms with Crippen LogP contribution in [0.25, 0.3) is 6.08 Å². The number of nitrogens with zero attached hydrogens (tertiary/aromatic N) is 2. The molecular weight excluding hydrogens is 272 g/mol. The Labute approximate surface area is 124 Å². The van der Waals surface area contributed by atoms with Gasteiger partial charge in [-0.25, -0.2) is 9.59 Å². The highest BCUT2D eigenvalue weighted by Crippen LogP contribution is 2.20. The third-order valence-electron chi connectivity index (χ3n) is 3.00. The van der Waals surface area contributed by atoms with Crippen LogP contribution in [0.15, 0.2) is 6.08 Å². The number of hydrogen-bond donors (Lipinski definition) is 0. The number of hydrogen-bond acceptors (Lipinski definition) is 5. The lowest BCUT2D eigenvalue weighted by atomic mass is 10.1. The highest BCUT2D eigenvalue weighted by molar-refractivity contribution is 6.04. The monoisotopic (exact) mass is 294 g/mol. The highest BCUT2D eigenvalue weighted by atomic mass is 16.5. The van der Waals surface area contributed by atoms with Gasteiger partial charge in [0.15, 0.2) is 5.69 Å². The minimum absolute atomic E-state index is 0.0128. The number of esters is 2. The summed E-state index contributed by atoms with van der Waals surface area (Å²) in [5.74, 6) is -0.764. The molecule has 1 aromatic heterocycles. The Bertz CT molecular complexity index is 544. The molecule has 0 aliphatic heterocycles. The lowest BCUT2D eigenvalue weighted by molar-refractivity contribution is 0.0551. The van der Waals surface area contributed by atoms with Gasteiger partial charge in [-0.2, -0.15) is 5.10 Å². The average Bonchev–Trinajstić information content (AvgIpc) is 2.82. The topological polar surface area (TPSA) is 70.4 Å². The van der Waals surface area contributed by atoms with Gasteiger partial charge in [-0.15, -0.1) is 0 Å². The molecule has 0 aromatic carbocycles. The molecular formula is C15H22N2O4. The van der Waals surface area contributed by atoms with E-state index in [1.54, 1.807) is 16.8 Å². The van der Waals surface area contributed by atoms with E-state index in [0.717, 1.165) is 6.42 Å². The first-order valence-corrected chi connectivity index (χ1v) is 6.86. The maximum Gasteiger partial charge on any atom is 0.359 e. The van der Waals surface area contributed by atoms with Gasteiger partial charge in [-0.3, -0.25) is 4.68 Å². The van der Waals surface area contributed by atoms with E-state index in [2.05, 4.69) is 18.9 Å². The second-order valence-corrected chi connectivity index (χ2v) is 5.00. The van der Waals surface area contributed by atoms with E-state index < -0.39 is 11.9 Å². The highest BCUT2D eigenvalue weighted by Gasteiger charge is 2.28. The molecule has 0 fully saturated rings. The van der Waals surface area contributed by atoms with Crippen LogP contribution in [0.5, 0.6) is 0 Å². The summed E-state index contributed by atoms with van der Waals surface area (Å²) in [6.45, 7) is 6.64. The molecule has 6 heteroatoms. The van der Waals surface area contributed by atoms with Crippen LogP contribution in [0, 0.1) is 5.92 Å². The van der Waals surface area contributed by atoms with Crippen LogP contribution in [0.2, 0.25) is 0 Å². The SMILES string of the molecule is C/C=C/c1c(C(=O)OC)c(C(=O)OC)nn1CCC(C)C. The molecule has 0 saturated heterocycles. The van der Waals surface area contributed by atoms with Crippen LogP contribution in [0.4, 0.5) is 0 Å². The van der Waals surface area contributed by atoms with Crippen molar-refractivity contribution in [2.75, 3.05) is 14.2 Å². The van der Waals surface area contributed by atoms with Gasteiger partial charge in [0.1, 0.15) is 5.56 Å². The molecule has 1 heterocycles. The molecule has 0 aliphatic rings. The van der Waals surface area contributed by atoms with E-state index in [1.165, 1.54) is 14.2 Å². The van der Waals surface area contributed by atoms with Crippen molar-refractivity contribution in [3.05, 3.63) is 23.0 Å². The van der Waals surface area contributed by atoms with Crippen LogP contribution in [-0.2, 0) is 16.0 Å². The fourth-order valence-electron chi connectivity index (χ4n) is 1.90. The van der Waals surface area contributed by atoms with Crippen molar-refractivity contribution in [2.45, 2.75) is 33.7 Å². The summed E-state index contributed by atoms with van der Waals surface area (Å²) in [4.78, 5) is 23.8. The largest absolute Gasteiger partial charge is 0.465 e. The van der Waals surface area contributed by atoms with Gasteiger partial charge in [-0.1, -0.05) is 19.9 Å². The molecule has 0 spiro atoms. The lowest BCUT2D eigenvalue weighted by Gasteiger charge is -2.07. The molecule has 0 radical (unpaired) electrons. The molecule has 0 unspecified atom stereocenters. The molecule has 0 saturated carbocycles. The molecule has 1 rings (SSSR count). The molecule has 21 heavy (non-hydrogen) atoms. The summed E-state index contributed by atoms with van der Waals surface area (Å²) in [6, 6.07) is 0. The number of methoxy groups -OCH3 is 2. The Morgan fingerprint density at radius 2 is 1.86 bits per heavy atom. The third kappa shape index (κ3) is 3.93. The van der Waals surface area contributed by atoms with Gasteiger partial charge < -0.3 is 9.47 Å². The Balaban J connectivity index is 3.40. The van der Waals surface area contributed by atoms with Crippen molar-refractivity contribution in [1.29, 1.82) is 0 Å². The maximum absolute atomic E-state index is 12.0. The van der Waals surface area contributed by atoms with E-state index in [4.69, 9.17) is 9.47 Å². The molecule has 0 aliphatic carbocycles. The van der Waals surface area contributed by atoms with Gasteiger partial charge >= 0.3 is 11.9 Å². The molecule has 116 valence electrons. The van der Waals surface area contributed by atoms with Crippen LogP contribution >= 0.6 is 0 Å². The van der Waals surface area contributed by atoms with E-state index in [-0.39, 0.29) is 11.3 Å². The second kappa shape index (κ2) is 7.61. The predicted molar refractivity (Wildman–Crippen MR) is 79.1 cm³/mol. The van der Waals surface area contributed by atoms with Gasteiger partial charge in [0.2, 0.25) is 0 Å². The van der Waals surface area contributed by atoms with E-state index in [9.17, 15) is 9.59 Å². The van der Waals surface area contributed by atoms with Crippen LogP contribution in [-0.4, -0.2) is 35.9 Å². The van der Waals surface area contributed by atoms with Gasteiger partial charge in [0.25, 0.3) is 0 Å². The number of aryl methyl sites for hydroxylation is 1. The number of carbonyl (C=O) groups excluding carboxylic acids is 2. The zero-order valence-electron chi connectivity index (χ0n) is 13.2. The van der Waals surface area contributed by atoms with Crippen molar-refractivity contribution in [3.63, 3.8) is 0 Å². The number of carbonyl (C=O) groups is 2. The van der Waals surface area contributed by atoms with E-state index in [0.29, 0.717) is 18.2 Å². The summed E-state index contributed by atoms with van der Waals surface area (Å²) in [6.07, 6.45) is 4.41. The van der Waals surface area contributed by atoms with Crippen LogP contribution < -0.4 is 0 Å². The standard InChI is InChI=1S/C15H22N2O4/c1-6-7-11-12(14(18)20-4)13(15(19)21-5)16-17(11)9-8-10(2)3/h6-7,10H,8-9H2,1-5H3/b7-6+. The lowest BCUT2D eigenvalue weighted by Crippen LogP contribution is -2.11. The molecule has 0 atom stereocenters. The number of rotatable bonds is 6. The molecule has 0 bridgehead atoms. The molecule has 0 amide bonds. The Morgan fingerprint density at radius 1 is 1.24 bits per heavy atom. The van der Waals surface area contributed by atoms with Gasteiger partial charge in [-0.05, 0) is 25.3 Å². The number of aromatic nitrogens is 2. The van der Waals surface area contributed by atoms with Crippen LogP contribution in [0.3, 0.4) is 0 Å². The zero-order chi connectivity index (χ0) is 16.0. The third-order valence-corrected chi connectivity index (χ3v) is 3.00. The van der Waals surface area contributed by atoms with Crippen LogP contribution in [0.1, 0.15) is 53.7 Å². The van der Waals surface area contributed by atoms with Gasteiger partial charge in [0, 0.05) is 6.54 Å². The zero-order valence-corrected chi connectivity index (χ0v) is 13.2. The summed E-state index contributed by atoms with van der Waals surface area (Å²) >= 11 is 0. The van der Waals surface area contributed by atoms with Crippen molar-refractivity contribution >= 4 is 18.0 Å². The number of allylic oxidation sites excluding steroid dienone is 1. The predicted octanol–water partition coefficient (Wildman–Crippen LogP) is 2.54. The van der Waals surface area contributed by atoms with E-state index >= 15 is 0 Å². The Morgan fingerprint density at radius 3 is 2.33 bits per heavy atom. The fourth-order valence-corrected chi connectivity index (χ4v) is 1.90. The fraction of sp³-hybridized carbons (Fsp3) is 0.533. The Kier molecular flexibility index (Phi) is 6.14. The maximum atomic E-state index is 12.0. The minimum Gasteiger partial charge on any atom is -0.465 e. The summed E-state index contributed by atoms with van der Waals surface area (Å²) in [5.41, 5.74) is 0.692. The minimum atomic E-state index is -0.649. The molecule has 0 N–H and O–H groups in total. The average molecular weight is 294 g/mol. The summed E-state index contributed by atoms with van der Waals surface area (Å²) < 4.78 is 11.1. The normalized spacial score (nSPS) is 11.1. The Hall–Kier alpha value is -2.11. The smallest absolute Gasteiger partial charge is 0.359 e. The summed E-state index contributed by atoms with van der Waals surface area (Å²) in [5, 5.41) is 4.23. The first-order chi connectivity index (χ1) is 9.96. The van der Waals surface area contributed by atoms with Crippen molar-refractivity contribution in [3.8, 4) is 0 Å². The summed E-state index contributed by atoms with van der Waals surface area (Å²) in [7, 11) is 2.53. The van der Waals surface area contributed by atoms with E-state index in [1.807, 2.05) is 6.92 Å². The van der Waals surface area contributed by atoms with Gasteiger partial charge in [0.05, 0.1) is 19.9 Å². The van der Waals surface area contributed by atoms with Crippen molar-refractivity contribution in [2.24, 2.45) is 5.92 Å². The number of ether oxygens (including phenoxy) is 2. The molecule has 1 aromatic rings. The second-order valence-electron chi connectivity index (χ2n) is 5.00. The first kappa shape index (κ1) is 16.9.